The zero-order valence-corrected chi connectivity index (χ0v) is 22.9. The van der Waals surface area contributed by atoms with Gasteiger partial charge >= 0.3 is 11.8 Å². The normalized spacial score (nSPS) is 10.6. The summed E-state index contributed by atoms with van der Waals surface area (Å²) in [4.78, 5) is 36.4. The van der Waals surface area contributed by atoms with Crippen molar-refractivity contribution in [3.63, 3.8) is 0 Å². The number of carbonyl (C=O) groups is 3. The molecule has 198 valence electrons. The number of anilines is 1. The van der Waals surface area contributed by atoms with Gasteiger partial charge in [-0.1, -0.05) is 45.8 Å². The van der Waals surface area contributed by atoms with E-state index in [0.717, 1.165) is 21.2 Å². The number of ether oxygens (including phenoxy) is 2. The molecule has 3 aromatic carbocycles. The number of hydrogen-bond acceptors (Lipinski definition) is 6. The Kier molecular flexibility index (Phi) is 10.4. The number of hydrogen-bond donors (Lipinski definition) is 3. The number of hydrazone groups is 1. The molecule has 0 saturated heterocycles. The van der Waals surface area contributed by atoms with Crippen LogP contribution < -0.4 is 25.5 Å². The van der Waals surface area contributed by atoms with Gasteiger partial charge in [-0.3, -0.25) is 14.4 Å². The van der Waals surface area contributed by atoms with Crippen LogP contribution in [0.1, 0.15) is 29.2 Å². The maximum absolute atomic E-state index is 12.3. The van der Waals surface area contributed by atoms with Gasteiger partial charge in [-0.25, -0.2) is 5.43 Å². The van der Waals surface area contributed by atoms with E-state index >= 15 is 0 Å². The van der Waals surface area contributed by atoms with Crippen LogP contribution >= 0.6 is 15.9 Å². The van der Waals surface area contributed by atoms with Crippen LogP contribution in [0.3, 0.4) is 0 Å². The van der Waals surface area contributed by atoms with Gasteiger partial charge in [0, 0.05) is 16.7 Å². The first-order chi connectivity index (χ1) is 18.2. The Labute approximate surface area is 229 Å². The van der Waals surface area contributed by atoms with Crippen LogP contribution in [0.2, 0.25) is 0 Å². The van der Waals surface area contributed by atoms with E-state index in [0.29, 0.717) is 29.4 Å². The molecule has 3 rings (SSSR count). The first kappa shape index (κ1) is 28.4. The van der Waals surface area contributed by atoms with Gasteiger partial charge in [-0.2, -0.15) is 5.10 Å². The summed E-state index contributed by atoms with van der Waals surface area (Å²) in [7, 11) is 0. The number of halogens is 1. The maximum Gasteiger partial charge on any atom is 0.329 e. The zero-order chi connectivity index (χ0) is 27.5. The summed E-state index contributed by atoms with van der Waals surface area (Å²) in [5.74, 6) is -1.21. The number of benzene rings is 3. The summed E-state index contributed by atoms with van der Waals surface area (Å²) >= 11 is 3.43. The lowest BCUT2D eigenvalue weighted by molar-refractivity contribution is -0.139. The minimum Gasteiger partial charge on any atom is -0.490 e. The Hall–Kier alpha value is -4.18. The Balaban J connectivity index is 1.52. The van der Waals surface area contributed by atoms with E-state index in [1.165, 1.54) is 6.21 Å². The predicted molar refractivity (Wildman–Crippen MR) is 149 cm³/mol. The van der Waals surface area contributed by atoms with Crippen molar-refractivity contribution in [2.45, 2.75) is 27.3 Å². The molecule has 0 fully saturated rings. The molecule has 3 aromatic rings. The molecule has 0 aliphatic rings. The fourth-order valence-corrected chi connectivity index (χ4v) is 3.49. The fourth-order valence-electron chi connectivity index (χ4n) is 3.24. The number of carbonyl (C=O) groups excluding carboxylic acids is 3. The van der Waals surface area contributed by atoms with E-state index in [-0.39, 0.29) is 19.1 Å². The highest BCUT2D eigenvalue weighted by Gasteiger charge is 2.13. The van der Waals surface area contributed by atoms with Crippen molar-refractivity contribution >= 4 is 45.6 Å². The van der Waals surface area contributed by atoms with E-state index in [1.807, 2.05) is 57.2 Å². The Morgan fingerprint density at radius 3 is 2.39 bits per heavy atom. The van der Waals surface area contributed by atoms with Crippen molar-refractivity contribution in [3.05, 3.63) is 87.4 Å². The van der Waals surface area contributed by atoms with Gasteiger partial charge in [0.15, 0.2) is 18.1 Å². The molecule has 0 heterocycles. The summed E-state index contributed by atoms with van der Waals surface area (Å²) in [5.41, 5.74) is 6.45. The van der Waals surface area contributed by atoms with Crippen molar-refractivity contribution in [1.82, 2.24) is 10.7 Å². The number of nitrogens with zero attached hydrogens (tertiary/aromatic N) is 1. The van der Waals surface area contributed by atoms with Crippen LogP contribution in [0.25, 0.3) is 0 Å². The number of nitrogens with one attached hydrogen (secondary N) is 3. The molecule has 0 atom stereocenters. The highest BCUT2D eigenvalue weighted by molar-refractivity contribution is 9.10. The summed E-state index contributed by atoms with van der Waals surface area (Å²) in [6, 6.07) is 18.1. The summed E-state index contributed by atoms with van der Waals surface area (Å²) in [5, 5.41) is 9.18. The Morgan fingerprint density at radius 2 is 1.68 bits per heavy atom. The monoisotopic (exact) mass is 580 g/mol. The van der Waals surface area contributed by atoms with E-state index < -0.39 is 11.8 Å². The molecular formula is C28H29BrN4O5. The maximum atomic E-state index is 12.3. The third-order valence-corrected chi connectivity index (χ3v) is 6.12. The minimum absolute atomic E-state index is 0.212. The first-order valence-corrected chi connectivity index (χ1v) is 12.7. The van der Waals surface area contributed by atoms with Gasteiger partial charge in [0.25, 0.3) is 5.91 Å². The minimum atomic E-state index is -0.884. The van der Waals surface area contributed by atoms with Crippen LogP contribution in [0, 0.1) is 13.8 Å². The van der Waals surface area contributed by atoms with Gasteiger partial charge in [0.1, 0.15) is 0 Å². The van der Waals surface area contributed by atoms with Gasteiger partial charge in [0.2, 0.25) is 0 Å². The number of amides is 3. The molecule has 0 aliphatic carbocycles. The molecule has 0 unspecified atom stereocenters. The van der Waals surface area contributed by atoms with Gasteiger partial charge in [-0.15, -0.1) is 0 Å². The quantitative estimate of drug-likeness (QED) is 0.188. The lowest BCUT2D eigenvalue weighted by Crippen LogP contribution is -2.37. The molecule has 38 heavy (non-hydrogen) atoms. The molecule has 0 aromatic heterocycles. The van der Waals surface area contributed by atoms with E-state index in [9.17, 15) is 14.4 Å². The number of rotatable bonds is 10. The van der Waals surface area contributed by atoms with Gasteiger partial charge in [-0.05, 0) is 73.9 Å². The Morgan fingerprint density at radius 1 is 0.921 bits per heavy atom. The lowest BCUT2D eigenvalue weighted by Gasteiger charge is -2.13. The van der Waals surface area contributed by atoms with Crippen molar-refractivity contribution < 1.29 is 23.9 Å². The van der Waals surface area contributed by atoms with Gasteiger partial charge < -0.3 is 20.1 Å². The number of aryl methyl sites for hydroxylation is 2. The molecule has 0 saturated carbocycles. The summed E-state index contributed by atoms with van der Waals surface area (Å²) in [6.45, 7) is 6.12. The highest BCUT2D eigenvalue weighted by atomic mass is 79.9. The molecule has 0 spiro atoms. The standard InChI is InChI=1S/C28H29BrN4O5/c1-4-37-25-14-21(16-31-33-28(36)27(35)30-15-20-7-5-18(2)6-8-20)9-12-24(25)38-17-26(34)32-22-10-11-23(29)19(3)13-22/h5-14,16H,4,15,17H2,1-3H3,(H,30,35)(H,32,34)(H,33,36)/b31-16-. The van der Waals surface area contributed by atoms with E-state index in [2.05, 4.69) is 37.1 Å². The third-order valence-electron chi connectivity index (χ3n) is 5.23. The van der Waals surface area contributed by atoms with Gasteiger partial charge in [0.05, 0.1) is 12.8 Å². The topological polar surface area (TPSA) is 118 Å². The van der Waals surface area contributed by atoms with Crippen LogP contribution in [-0.4, -0.2) is 37.1 Å². The van der Waals surface area contributed by atoms with Crippen molar-refractivity contribution in [1.29, 1.82) is 0 Å². The first-order valence-electron chi connectivity index (χ1n) is 11.9. The molecule has 0 bridgehead atoms. The predicted octanol–water partition coefficient (Wildman–Crippen LogP) is 4.25. The molecular weight excluding hydrogens is 552 g/mol. The SMILES string of the molecule is CCOc1cc(/C=N\NC(=O)C(=O)NCc2ccc(C)cc2)ccc1OCC(=O)Nc1ccc(Br)c(C)c1. The molecule has 9 nitrogen and oxygen atoms in total. The molecule has 3 N–H and O–H groups in total. The van der Waals surface area contributed by atoms with Crippen molar-refractivity contribution in [2.75, 3.05) is 18.5 Å². The second-order valence-corrected chi connectivity index (χ2v) is 9.16. The molecule has 3 amide bonds. The van der Waals surface area contributed by atoms with Crippen LogP contribution in [0.5, 0.6) is 11.5 Å². The molecule has 0 aliphatic heterocycles. The second-order valence-electron chi connectivity index (χ2n) is 8.31. The Bertz CT molecular complexity index is 1330. The third kappa shape index (κ3) is 8.74. The largest absolute Gasteiger partial charge is 0.490 e. The molecule has 10 heteroatoms. The van der Waals surface area contributed by atoms with Crippen molar-refractivity contribution in [2.24, 2.45) is 5.10 Å². The summed E-state index contributed by atoms with van der Waals surface area (Å²) < 4.78 is 12.2. The van der Waals surface area contributed by atoms with E-state index in [1.54, 1.807) is 24.3 Å². The van der Waals surface area contributed by atoms with Crippen LogP contribution in [-0.2, 0) is 20.9 Å². The average molecular weight is 581 g/mol. The second kappa shape index (κ2) is 13.9. The van der Waals surface area contributed by atoms with Crippen LogP contribution in [0.15, 0.2) is 70.2 Å². The zero-order valence-electron chi connectivity index (χ0n) is 21.3. The average Bonchev–Trinajstić information content (AvgIpc) is 2.90. The van der Waals surface area contributed by atoms with E-state index in [4.69, 9.17) is 9.47 Å². The smallest absolute Gasteiger partial charge is 0.329 e. The fraction of sp³-hybridized carbons (Fsp3) is 0.214. The highest BCUT2D eigenvalue weighted by Crippen LogP contribution is 2.28. The van der Waals surface area contributed by atoms with Crippen molar-refractivity contribution in [3.8, 4) is 11.5 Å². The summed E-state index contributed by atoms with van der Waals surface area (Å²) in [6.07, 6.45) is 1.38. The molecule has 0 radical (unpaired) electrons. The lowest BCUT2D eigenvalue weighted by atomic mass is 10.1. The van der Waals surface area contributed by atoms with Crippen LogP contribution in [0.4, 0.5) is 5.69 Å².